The fraction of sp³-hybridized carbons (Fsp3) is 0.536. The number of hydrogen-bond donors (Lipinski definition) is 2. The maximum Gasteiger partial charge on any atom is 0.412 e. The molecule has 2 atom stereocenters. The van der Waals surface area contributed by atoms with Crippen molar-refractivity contribution >= 4 is 17.9 Å². The molecule has 0 aliphatic heterocycles. The molecule has 0 saturated heterocycles. The molecule has 1 aromatic heterocycles. The number of pyridine rings is 1. The van der Waals surface area contributed by atoms with Crippen LogP contribution in [-0.4, -0.2) is 55.0 Å². The predicted molar refractivity (Wildman–Crippen MR) is 145 cm³/mol. The number of nitrogens with two attached hydrogens (primary N) is 1. The van der Waals surface area contributed by atoms with Crippen molar-refractivity contribution in [2.24, 2.45) is 17.1 Å². The lowest BCUT2D eigenvalue weighted by molar-refractivity contribution is -0.174. The van der Waals surface area contributed by atoms with Crippen LogP contribution in [0.3, 0.4) is 0 Å². The molecule has 1 unspecified atom stereocenters. The second kappa shape index (κ2) is 12.4. The monoisotopic (exact) mass is 514 g/mol. The highest BCUT2D eigenvalue weighted by Gasteiger charge is 2.45. The van der Waals surface area contributed by atoms with Crippen molar-refractivity contribution in [1.29, 1.82) is 0 Å². The number of nitrogens with one attached hydrogen (secondary N) is 1. The van der Waals surface area contributed by atoms with Gasteiger partial charge < -0.3 is 19.1 Å². The largest absolute Gasteiger partial charge is 0.474 e. The SMILES string of the molecule is COC(=O)Nc1cc(-c2ccc(O[C@H](N)C(C)(CC(C)C)C(=O)OC(C)(C)C)c(CN(C)C)c2)ccn1. The third-order valence-corrected chi connectivity index (χ3v) is 5.64. The van der Waals surface area contributed by atoms with E-state index in [4.69, 9.17) is 15.2 Å². The normalized spacial score (nSPS) is 14.2. The van der Waals surface area contributed by atoms with Crippen LogP contribution in [0.2, 0.25) is 0 Å². The molecule has 0 aliphatic rings. The lowest BCUT2D eigenvalue weighted by Crippen LogP contribution is -2.52. The molecule has 3 N–H and O–H groups in total. The number of benzene rings is 1. The van der Waals surface area contributed by atoms with Crippen LogP contribution in [0.1, 0.15) is 53.5 Å². The molecule has 37 heavy (non-hydrogen) atoms. The number of nitrogens with zero attached hydrogens (tertiary/aromatic N) is 2. The smallest absolute Gasteiger partial charge is 0.412 e. The summed E-state index contributed by atoms with van der Waals surface area (Å²) >= 11 is 0. The lowest BCUT2D eigenvalue weighted by atomic mass is 9.80. The van der Waals surface area contributed by atoms with E-state index >= 15 is 0 Å². The molecule has 1 amide bonds. The zero-order chi connectivity index (χ0) is 28.0. The number of aromatic nitrogens is 1. The Morgan fingerprint density at radius 1 is 1.08 bits per heavy atom. The van der Waals surface area contributed by atoms with Crippen molar-refractivity contribution in [3.63, 3.8) is 0 Å². The first-order valence-corrected chi connectivity index (χ1v) is 12.4. The Balaban J connectivity index is 2.42. The molecule has 2 aromatic rings. The molecule has 0 bridgehead atoms. The van der Waals surface area contributed by atoms with Crippen LogP contribution >= 0.6 is 0 Å². The number of rotatable bonds is 10. The van der Waals surface area contributed by atoms with Crippen molar-refractivity contribution in [3.05, 3.63) is 42.1 Å². The maximum absolute atomic E-state index is 13.2. The van der Waals surface area contributed by atoms with E-state index in [1.165, 1.54) is 7.11 Å². The number of hydrogen-bond acceptors (Lipinski definition) is 8. The molecule has 0 saturated carbocycles. The van der Waals surface area contributed by atoms with E-state index in [0.717, 1.165) is 16.7 Å². The molecule has 2 rings (SSSR count). The van der Waals surface area contributed by atoms with E-state index in [9.17, 15) is 9.59 Å². The summed E-state index contributed by atoms with van der Waals surface area (Å²) in [4.78, 5) is 31.0. The summed E-state index contributed by atoms with van der Waals surface area (Å²) < 4.78 is 16.7. The van der Waals surface area contributed by atoms with Gasteiger partial charge >= 0.3 is 12.1 Å². The van der Waals surface area contributed by atoms with E-state index in [-0.39, 0.29) is 11.9 Å². The summed E-state index contributed by atoms with van der Waals surface area (Å²) in [5, 5.41) is 2.58. The summed E-state index contributed by atoms with van der Waals surface area (Å²) in [6.45, 7) is 12.0. The fourth-order valence-electron chi connectivity index (χ4n) is 4.00. The Morgan fingerprint density at radius 3 is 2.30 bits per heavy atom. The minimum Gasteiger partial charge on any atom is -0.474 e. The van der Waals surface area contributed by atoms with Crippen LogP contribution in [0, 0.1) is 11.3 Å². The second-order valence-electron chi connectivity index (χ2n) is 11.2. The Labute approximate surface area is 220 Å². The number of carbonyl (C=O) groups excluding carboxylic acids is 2. The topological polar surface area (TPSA) is 116 Å². The number of amides is 1. The third-order valence-electron chi connectivity index (χ3n) is 5.64. The standard InChI is InChI=1S/C28H42N4O5/c1-18(2)16-28(6,25(33)37-27(3,4)5)24(29)36-22-11-10-19(14-21(22)17-32(7)8)20-12-13-30-23(15-20)31-26(34)35-9/h10-15,18,24H,16-17,29H2,1-9H3,(H,30,31,34)/t24-,28?/m0/s1. The number of carbonyl (C=O) groups is 2. The minimum absolute atomic E-state index is 0.204. The van der Waals surface area contributed by atoms with Crippen molar-refractivity contribution in [2.45, 2.75) is 66.3 Å². The third kappa shape index (κ3) is 8.72. The first-order chi connectivity index (χ1) is 17.1. The highest BCUT2D eigenvalue weighted by molar-refractivity contribution is 5.84. The first kappa shape index (κ1) is 30.1. The molecule has 9 heteroatoms. The van der Waals surface area contributed by atoms with Crippen molar-refractivity contribution in [2.75, 3.05) is 26.5 Å². The molecule has 0 fully saturated rings. The van der Waals surface area contributed by atoms with Gasteiger partial charge in [0.2, 0.25) is 0 Å². The number of anilines is 1. The molecule has 9 nitrogen and oxygen atoms in total. The van der Waals surface area contributed by atoms with Gasteiger partial charge in [-0.05, 0) is 89.5 Å². The van der Waals surface area contributed by atoms with Gasteiger partial charge in [0.1, 0.15) is 22.6 Å². The van der Waals surface area contributed by atoms with Crippen molar-refractivity contribution in [3.8, 4) is 16.9 Å². The van der Waals surface area contributed by atoms with Gasteiger partial charge in [0.25, 0.3) is 0 Å². The van der Waals surface area contributed by atoms with Gasteiger partial charge in [-0.15, -0.1) is 0 Å². The number of ether oxygens (including phenoxy) is 3. The van der Waals surface area contributed by atoms with Gasteiger partial charge in [0.15, 0.2) is 6.23 Å². The van der Waals surface area contributed by atoms with E-state index in [0.29, 0.717) is 24.5 Å². The van der Waals surface area contributed by atoms with Crippen LogP contribution in [-0.2, 0) is 20.8 Å². The molecular weight excluding hydrogens is 472 g/mol. The zero-order valence-corrected chi connectivity index (χ0v) is 23.5. The predicted octanol–water partition coefficient (Wildman–Crippen LogP) is 5.05. The van der Waals surface area contributed by atoms with Crippen LogP contribution in [0.5, 0.6) is 5.75 Å². The molecule has 0 radical (unpaired) electrons. The van der Waals surface area contributed by atoms with Gasteiger partial charge in [0.05, 0.1) is 7.11 Å². The van der Waals surface area contributed by atoms with Crippen molar-refractivity contribution in [1.82, 2.24) is 9.88 Å². The fourth-order valence-corrected chi connectivity index (χ4v) is 4.00. The summed E-state index contributed by atoms with van der Waals surface area (Å²) in [5.74, 6) is 0.790. The quantitative estimate of drug-likeness (QED) is 0.334. The Bertz CT molecular complexity index is 1080. The molecule has 1 heterocycles. The van der Waals surface area contributed by atoms with Crippen LogP contribution in [0.4, 0.5) is 10.6 Å². The Morgan fingerprint density at radius 2 is 1.73 bits per heavy atom. The molecule has 204 valence electrons. The summed E-state index contributed by atoms with van der Waals surface area (Å²) in [6, 6.07) is 9.39. The molecule has 0 aliphatic carbocycles. The lowest BCUT2D eigenvalue weighted by Gasteiger charge is -2.37. The molecule has 0 spiro atoms. The van der Waals surface area contributed by atoms with Gasteiger partial charge in [0, 0.05) is 18.3 Å². The maximum atomic E-state index is 13.2. The number of esters is 1. The van der Waals surface area contributed by atoms with Gasteiger partial charge in [-0.3, -0.25) is 15.8 Å². The van der Waals surface area contributed by atoms with Crippen LogP contribution in [0.15, 0.2) is 36.5 Å². The Hall–Kier alpha value is -3.17. The summed E-state index contributed by atoms with van der Waals surface area (Å²) in [5.41, 5.74) is 7.56. The molecule has 1 aromatic carbocycles. The average molecular weight is 515 g/mol. The van der Waals surface area contributed by atoms with Gasteiger partial charge in [-0.1, -0.05) is 19.9 Å². The summed E-state index contributed by atoms with van der Waals surface area (Å²) in [7, 11) is 5.22. The zero-order valence-electron chi connectivity index (χ0n) is 23.5. The average Bonchev–Trinajstić information content (AvgIpc) is 2.78. The van der Waals surface area contributed by atoms with E-state index in [1.807, 2.05) is 77.9 Å². The van der Waals surface area contributed by atoms with Gasteiger partial charge in [-0.25, -0.2) is 9.78 Å². The van der Waals surface area contributed by atoms with Crippen molar-refractivity contribution < 1.29 is 23.8 Å². The highest BCUT2D eigenvalue weighted by atomic mass is 16.6. The molecular formula is C28H42N4O5. The second-order valence-corrected chi connectivity index (χ2v) is 11.2. The van der Waals surface area contributed by atoms with E-state index < -0.39 is 23.3 Å². The number of methoxy groups -OCH3 is 1. The van der Waals surface area contributed by atoms with Crippen LogP contribution < -0.4 is 15.8 Å². The van der Waals surface area contributed by atoms with E-state index in [2.05, 4.69) is 15.0 Å². The van der Waals surface area contributed by atoms with Crippen LogP contribution in [0.25, 0.3) is 11.1 Å². The van der Waals surface area contributed by atoms with E-state index in [1.54, 1.807) is 19.2 Å². The first-order valence-electron chi connectivity index (χ1n) is 12.4. The Kier molecular flexibility index (Phi) is 10.1. The minimum atomic E-state index is -1.05. The van der Waals surface area contributed by atoms with Gasteiger partial charge in [-0.2, -0.15) is 0 Å². The summed E-state index contributed by atoms with van der Waals surface area (Å²) in [6.07, 6.45) is 0.612. The highest BCUT2D eigenvalue weighted by Crippen LogP contribution is 2.36.